The third-order valence-electron chi connectivity index (χ3n) is 4.37. The van der Waals surface area contributed by atoms with Gasteiger partial charge in [0.05, 0.1) is 12.0 Å². The second kappa shape index (κ2) is 6.76. The van der Waals surface area contributed by atoms with Crippen molar-refractivity contribution in [2.45, 2.75) is 19.3 Å². The maximum atomic E-state index is 13.0. The van der Waals surface area contributed by atoms with Crippen LogP contribution in [0.4, 0.5) is 5.69 Å². The van der Waals surface area contributed by atoms with Crippen LogP contribution in [0.1, 0.15) is 25.0 Å². The Labute approximate surface area is 151 Å². The SMILES string of the molecule is O=C1/C(=C\c2ccco2)N=C(N2CCCCC2)N1c1cccc(Cl)c1. The third-order valence-corrected chi connectivity index (χ3v) is 4.61. The highest BCUT2D eigenvalue weighted by molar-refractivity contribution is 6.32. The fourth-order valence-corrected chi connectivity index (χ4v) is 3.35. The Kier molecular flexibility index (Phi) is 4.32. The number of piperidine rings is 1. The molecule has 0 saturated carbocycles. The van der Waals surface area contributed by atoms with Crippen molar-refractivity contribution < 1.29 is 9.21 Å². The smallest absolute Gasteiger partial charge is 0.284 e. The summed E-state index contributed by atoms with van der Waals surface area (Å²) in [5.41, 5.74) is 1.10. The number of halogens is 1. The first-order chi connectivity index (χ1) is 12.2. The molecule has 1 aromatic heterocycles. The molecule has 2 aliphatic heterocycles. The Morgan fingerprint density at radius 1 is 1.12 bits per heavy atom. The van der Waals surface area contributed by atoms with Crippen LogP contribution in [0.2, 0.25) is 5.02 Å². The van der Waals surface area contributed by atoms with Gasteiger partial charge in [0, 0.05) is 24.2 Å². The van der Waals surface area contributed by atoms with Gasteiger partial charge in [0.15, 0.2) is 0 Å². The van der Waals surface area contributed by atoms with Crippen LogP contribution in [0.3, 0.4) is 0 Å². The molecule has 25 heavy (non-hydrogen) atoms. The van der Waals surface area contributed by atoms with E-state index < -0.39 is 0 Å². The summed E-state index contributed by atoms with van der Waals surface area (Å²) >= 11 is 6.13. The van der Waals surface area contributed by atoms with Crippen molar-refractivity contribution >= 4 is 35.2 Å². The standard InChI is InChI=1S/C19H18ClN3O2/c20-14-6-4-7-15(12-14)23-18(24)17(13-16-8-5-11-25-16)21-19(23)22-9-2-1-3-10-22/h4-8,11-13H,1-3,9-10H2/b17-13+. The van der Waals surface area contributed by atoms with Crippen LogP contribution in [0.15, 0.2) is 57.8 Å². The van der Waals surface area contributed by atoms with Crippen molar-refractivity contribution in [3.63, 3.8) is 0 Å². The van der Waals surface area contributed by atoms with E-state index in [2.05, 4.69) is 9.89 Å². The summed E-state index contributed by atoms with van der Waals surface area (Å²) in [5.74, 6) is 1.11. The molecular formula is C19H18ClN3O2. The van der Waals surface area contributed by atoms with E-state index >= 15 is 0 Å². The number of hydrogen-bond donors (Lipinski definition) is 0. The molecule has 4 rings (SSSR count). The summed E-state index contributed by atoms with van der Waals surface area (Å²) < 4.78 is 5.33. The lowest BCUT2D eigenvalue weighted by Gasteiger charge is -2.32. The molecule has 1 saturated heterocycles. The number of benzene rings is 1. The second-order valence-corrected chi connectivity index (χ2v) is 6.56. The molecular weight excluding hydrogens is 338 g/mol. The lowest BCUT2D eigenvalue weighted by molar-refractivity contribution is -0.113. The predicted octanol–water partition coefficient (Wildman–Crippen LogP) is 4.16. The molecule has 0 aliphatic carbocycles. The maximum Gasteiger partial charge on any atom is 0.284 e. The van der Waals surface area contributed by atoms with Crippen molar-refractivity contribution in [2.75, 3.05) is 18.0 Å². The van der Waals surface area contributed by atoms with Gasteiger partial charge < -0.3 is 9.32 Å². The number of furan rings is 1. The van der Waals surface area contributed by atoms with E-state index in [4.69, 9.17) is 16.0 Å². The monoisotopic (exact) mass is 355 g/mol. The maximum absolute atomic E-state index is 13.0. The number of aliphatic imine (C=N–C) groups is 1. The van der Waals surface area contributed by atoms with E-state index in [0.29, 0.717) is 22.4 Å². The lowest BCUT2D eigenvalue weighted by atomic mass is 10.1. The Morgan fingerprint density at radius 3 is 2.68 bits per heavy atom. The van der Waals surface area contributed by atoms with Gasteiger partial charge in [-0.05, 0) is 49.6 Å². The molecule has 1 fully saturated rings. The Morgan fingerprint density at radius 2 is 1.96 bits per heavy atom. The highest BCUT2D eigenvalue weighted by Gasteiger charge is 2.35. The van der Waals surface area contributed by atoms with Crippen LogP contribution < -0.4 is 4.90 Å². The first-order valence-corrected chi connectivity index (χ1v) is 8.79. The Balaban J connectivity index is 1.75. The van der Waals surface area contributed by atoms with E-state index in [1.54, 1.807) is 41.5 Å². The van der Waals surface area contributed by atoms with Crippen LogP contribution in [-0.2, 0) is 4.79 Å². The number of guanidine groups is 1. The summed E-state index contributed by atoms with van der Waals surface area (Å²) in [7, 11) is 0. The summed E-state index contributed by atoms with van der Waals surface area (Å²) in [5, 5.41) is 0.590. The summed E-state index contributed by atoms with van der Waals surface area (Å²) in [4.78, 5) is 21.5. The topological polar surface area (TPSA) is 49.1 Å². The van der Waals surface area contributed by atoms with Gasteiger partial charge in [0.1, 0.15) is 11.5 Å². The second-order valence-electron chi connectivity index (χ2n) is 6.12. The van der Waals surface area contributed by atoms with Crippen molar-refractivity contribution in [3.05, 3.63) is 59.1 Å². The van der Waals surface area contributed by atoms with Crippen molar-refractivity contribution in [1.29, 1.82) is 0 Å². The van der Waals surface area contributed by atoms with Gasteiger partial charge in [0.25, 0.3) is 5.91 Å². The number of carbonyl (C=O) groups excluding carboxylic acids is 1. The molecule has 0 atom stereocenters. The zero-order chi connectivity index (χ0) is 17.2. The van der Waals surface area contributed by atoms with E-state index in [9.17, 15) is 4.79 Å². The molecule has 0 N–H and O–H groups in total. The van der Waals surface area contributed by atoms with Crippen molar-refractivity contribution in [1.82, 2.24) is 4.90 Å². The molecule has 0 radical (unpaired) electrons. The number of carbonyl (C=O) groups is 1. The summed E-state index contributed by atoms with van der Waals surface area (Å²) in [6.07, 6.45) is 6.68. The van der Waals surface area contributed by atoms with E-state index in [-0.39, 0.29) is 5.91 Å². The van der Waals surface area contributed by atoms with Crippen LogP contribution >= 0.6 is 11.6 Å². The van der Waals surface area contributed by atoms with Gasteiger partial charge in [-0.1, -0.05) is 17.7 Å². The zero-order valence-corrected chi connectivity index (χ0v) is 14.4. The van der Waals surface area contributed by atoms with Gasteiger partial charge in [-0.15, -0.1) is 0 Å². The van der Waals surface area contributed by atoms with Gasteiger partial charge in [-0.25, -0.2) is 9.89 Å². The van der Waals surface area contributed by atoms with Crippen LogP contribution in [0, 0.1) is 0 Å². The van der Waals surface area contributed by atoms with Crippen LogP contribution in [-0.4, -0.2) is 29.9 Å². The Bertz CT molecular complexity index is 836. The number of anilines is 1. The molecule has 2 aromatic rings. The number of hydrogen-bond acceptors (Lipinski definition) is 4. The van der Waals surface area contributed by atoms with Crippen molar-refractivity contribution in [2.24, 2.45) is 4.99 Å². The lowest BCUT2D eigenvalue weighted by Crippen LogP contribution is -2.46. The minimum Gasteiger partial charge on any atom is -0.465 e. The molecule has 0 spiro atoms. The fraction of sp³-hybridized carbons (Fsp3) is 0.263. The summed E-state index contributed by atoms with van der Waals surface area (Å²) in [6, 6.07) is 10.9. The van der Waals surface area contributed by atoms with Gasteiger partial charge in [-0.2, -0.15) is 0 Å². The molecule has 3 heterocycles. The fourth-order valence-electron chi connectivity index (χ4n) is 3.17. The quantitative estimate of drug-likeness (QED) is 0.760. The first-order valence-electron chi connectivity index (χ1n) is 8.41. The van der Waals surface area contributed by atoms with Crippen molar-refractivity contribution in [3.8, 4) is 0 Å². The average Bonchev–Trinajstić information content (AvgIpc) is 3.25. The minimum absolute atomic E-state index is 0.167. The molecule has 6 heteroatoms. The zero-order valence-electron chi connectivity index (χ0n) is 13.7. The van der Waals surface area contributed by atoms with E-state index in [0.717, 1.165) is 31.6 Å². The molecule has 128 valence electrons. The van der Waals surface area contributed by atoms with E-state index in [1.807, 2.05) is 12.1 Å². The Hall–Kier alpha value is -2.53. The molecule has 0 unspecified atom stereocenters. The van der Waals surface area contributed by atoms with Gasteiger partial charge in [-0.3, -0.25) is 4.79 Å². The normalized spacial score (nSPS) is 19.6. The minimum atomic E-state index is -0.167. The number of likely N-dealkylation sites (tertiary alicyclic amines) is 1. The van der Waals surface area contributed by atoms with Crippen LogP contribution in [0.25, 0.3) is 6.08 Å². The number of nitrogens with zero attached hydrogens (tertiary/aromatic N) is 3. The predicted molar refractivity (Wildman–Crippen MR) is 98.5 cm³/mol. The molecule has 0 bridgehead atoms. The number of amides is 1. The number of rotatable bonds is 2. The highest BCUT2D eigenvalue weighted by atomic mass is 35.5. The van der Waals surface area contributed by atoms with E-state index in [1.165, 1.54) is 6.42 Å². The molecule has 1 amide bonds. The van der Waals surface area contributed by atoms with Gasteiger partial charge in [0.2, 0.25) is 5.96 Å². The highest BCUT2D eigenvalue weighted by Crippen LogP contribution is 2.29. The van der Waals surface area contributed by atoms with Gasteiger partial charge >= 0.3 is 0 Å². The molecule has 5 nitrogen and oxygen atoms in total. The first kappa shape index (κ1) is 16.0. The van der Waals surface area contributed by atoms with Crippen LogP contribution in [0.5, 0.6) is 0 Å². The average molecular weight is 356 g/mol. The molecule has 1 aromatic carbocycles. The molecule has 2 aliphatic rings. The largest absolute Gasteiger partial charge is 0.465 e. The third kappa shape index (κ3) is 3.20. The summed E-state index contributed by atoms with van der Waals surface area (Å²) in [6.45, 7) is 1.80.